The van der Waals surface area contributed by atoms with Gasteiger partial charge in [0.05, 0.1) is 5.56 Å². The van der Waals surface area contributed by atoms with Gasteiger partial charge in [0.25, 0.3) is 5.91 Å². The van der Waals surface area contributed by atoms with E-state index in [9.17, 15) is 4.79 Å². The van der Waals surface area contributed by atoms with Crippen LogP contribution in [0.15, 0.2) is 24.3 Å². The van der Waals surface area contributed by atoms with E-state index in [1.54, 1.807) is 0 Å². The average Bonchev–Trinajstić information content (AvgIpc) is 2.29. The van der Waals surface area contributed by atoms with Gasteiger partial charge in [-0.3, -0.25) is 4.79 Å². The Labute approximate surface area is 111 Å². The molecule has 1 rings (SSSR count). The van der Waals surface area contributed by atoms with Crippen LogP contribution in [0.1, 0.15) is 36.5 Å². The average molecular weight is 331 g/mol. The van der Waals surface area contributed by atoms with E-state index in [4.69, 9.17) is 0 Å². The predicted molar refractivity (Wildman–Crippen MR) is 75.6 cm³/mol. The number of benzene rings is 1. The molecule has 16 heavy (non-hydrogen) atoms. The van der Waals surface area contributed by atoms with E-state index < -0.39 is 0 Å². The van der Waals surface area contributed by atoms with E-state index in [1.807, 2.05) is 36.2 Å². The summed E-state index contributed by atoms with van der Waals surface area (Å²) in [5.74, 6) is 0.126. The van der Waals surface area contributed by atoms with Gasteiger partial charge in [0, 0.05) is 17.2 Å². The lowest BCUT2D eigenvalue weighted by Crippen LogP contribution is -2.28. The smallest absolute Gasteiger partial charge is 0.254 e. The number of hydrogen-bond acceptors (Lipinski definition) is 1. The van der Waals surface area contributed by atoms with Crippen LogP contribution >= 0.6 is 22.6 Å². The Morgan fingerprint density at radius 3 is 2.62 bits per heavy atom. The van der Waals surface area contributed by atoms with Gasteiger partial charge in [-0.2, -0.15) is 0 Å². The summed E-state index contributed by atoms with van der Waals surface area (Å²) in [5.41, 5.74) is 0.807. The molecule has 0 bridgehead atoms. The molecule has 0 unspecified atom stereocenters. The molecular formula is C13H18INO. The standard InChI is InChI=1S/C13H18INO/c1-3-4-7-10-15(2)13(16)11-8-5-6-9-12(11)14/h5-6,8-9H,3-4,7,10H2,1-2H3. The van der Waals surface area contributed by atoms with E-state index in [2.05, 4.69) is 29.5 Å². The second kappa shape index (κ2) is 6.89. The largest absolute Gasteiger partial charge is 0.342 e. The molecule has 0 aromatic heterocycles. The van der Waals surface area contributed by atoms with E-state index in [0.717, 1.165) is 22.1 Å². The van der Waals surface area contributed by atoms with Crippen LogP contribution < -0.4 is 0 Å². The minimum absolute atomic E-state index is 0.126. The summed E-state index contributed by atoms with van der Waals surface area (Å²) in [6.07, 6.45) is 3.45. The monoisotopic (exact) mass is 331 g/mol. The zero-order valence-electron chi connectivity index (χ0n) is 9.87. The summed E-state index contributed by atoms with van der Waals surface area (Å²) in [6, 6.07) is 7.72. The Bertz CT molecular complexity index is 352. The lowest BCUT2D eigenvalue weighted by molar-refractivity contribution is 0.0791. The molecule has 0 fully saturated rings. The molecule has 0 aliphatic rings. The summed E-state index contributed by atoms with van der Waals surface area (Å²) in [4.78, 5) is 13.9. The number of rotatable bonds is 5. The van der Waals surface area contributed by atoms with Crippen LogP contribution in [0.3, 0.4) is 0 Å². The second-order valence-electron chi connectivity index (χ2n) is 3.91. The molecule has 0 spiro atoms. The molecule has 0 aliphatic heterocycles. The van der Waals surface area contributed by atoms with Crippen molar-refractivity contribution in [2.24, 2.45) is 0 Å². The molecule has 3 heteroatoms. The summed E-state index contributed by atoms with van der Waals surface area (Å²) >= 11 is 2.21. The maximum atomic E-state index is 12.1. The first kappa shape index (κ1) is 13.5. The van der Waals surface area contributed by atoms with Gasteiger partial charge in [0.2, 0.25) is 0 Å². The van der Waals surface area contributed by atoms with Crippen molar-refractivity contribution in [2.75, 3.05) is 13.6 Å². The highest BCUT2D eigenvalue weighted by Gasteiger charge is 2.13. The van der Waals surface area contributed by atoms with Crippen molar-refractivity contribution in [3.8, 4) is 0 Å². The molecule has 0 radical (unpaired) electrons. The number of amides is 1. The number of carbonyl (C=O) groups is 1. The molecule has 0 saturated heterocycles. The first-order chi connectivity index (χ1) is 7.66. The topological polar surface area (TPSA) is 20.3 Å². The normalized spacial score (nSPS) is 10.2. The number of unbranched alkanes of at least 4 members (excludes halogenated alkanes) is 2. The third-order valence-electron chi connectivity index (χ3n) is 2.55. The molecule has 1 aromatic rings. The van der Waals surface area contributed by atoms with Gasteiger partial charge in [0.15, 0.2) is 0 Å². The summed E-state index contributed by atoms with van der Waals surface area (Å²) in [6.45, 7) is 3.01. The lowest BCUT2D eigenvalue weighted by atomic mass is 10.2. The van der Waals surface area contributed by atoms with Crippen LogP contribution in [0, 0.1) is 3.57 Å². The zero-order chi connectivity index (χ0) is 12.0. The van der Waals surface area contributed by atoms with Crippen molar-refractivity contribution in [1.29, 1.82) is 0 Å². The van der Waals surface area contributed by atoms with Crippen molar-refractivity contribution in [3.05, 3.63) is 33.4 Å². The number of hydrogen-bond donors (Lipinski definition) is 0. The summed E-state index contributed by atoms with van der Waals surface area (Å²) in [7, 11) is 1.88. The summed E-state index contributed by atoms with van der Waals surface area (Å²) < 4.78 is 1.02. The molecule has 1 amide bonds. The highest BCUT2D eigenvalue weighted by atomic mass is 127. The van der Waals surface area contributed by atoms with Crippen LogP contribution in [-0.4, -0.2) is 24.4 Å². The van der Waals surface area contributed by atoms with Gasteiger partial charge in [-0.15, -0.1) is 0 Å². The van der Waals surface area contributed by atoms with Crippen LogP contribution in [0.2, 0.25) is 0 Å². The van der Waals surface area contributed by atoms with Crippen molar-refractivity contribution in [2.45, 2.75) is 26.2 Å². The maximum absolute atomic E-state index is 12.1. The van der Waals surface area contributed by atoms with Gasteiger partial charge in [0.1, 0.15) is 0 Å². The Kier molecular flexibility index (Phi) is 5.80. The van der Waals surface area contributed by atoms with E-state index in [0.29, 0.717) is 0 Å². The Morgan fingerprint density at radius 1 is 1.31 bits per heavy atom. The minimum Gasteiger partial charge on any atom is -0.342 e. The van der Waals surface area contributed by atoms with Gasteiger partial charge in [-0.05, 0) is 41.1 Å². The molecule has 1 aromatic carbocycles. The lowest BCUT2D eigenvalue weighted by Gasteiger charge is -2.17. The van der Waals surface area contributed by atoms with Crippen LogP contribution in [0.25, 0.3) is 0 Å². The highest BCUT2D eigenvalue weighted by molar-refractivity contribution is 14.1. The fraction of sp³-hybridized carbons (Fsp3) is 0.462. The van der Waals surface area contributed by atoms with Crippen molar-refractivity contribution in [3.63, 3.8) is 0 Å². The molecule has 0 aliphatic carbocycles. The van der Waals surface area contributed by atoms with Gasteiger partial charge < -0.3 is 4.90 Å². The Hall–Kier alpha value is -0.580. The van der Waals surface area contributed by atoms with Crippen molar-refractivity contribution < 1.29 is 4.79 Å². The predicted octanol–water partition coefficient (Wildman–Crippen LogP) is 3.55. The SMILES string of the molecule is CCCCCN(C)C(=O)c1ccccc1I. The quantitative estimate of drug-likeness (QED) is 0.597. The third-order valence-corrected chi connectivity index (χ3v) is 3.49. The molecule has 0 saturated carbocycles. The molecule has 88 valence electrons. The molecule has 2 nitrogen and oxygen atoms in total. The second-order valence-corrected chi connectivity index (χ2v) is 5.08. The van der Waals surface area contributed by atoms with Crippen LogP contribution in [0.5, 0.6) is 0 Å². The van der Waals surface area contributed by atoms with Gasteiger partial charge in [-0.25, -0.2) is 0 Å². The molecule has 0 atom stereocenters. The number of halogens is 1. The molecule has 0 heterocycles. The fourth-order valence-electron chi connectivity index (χ4n) is 1.54. The Morgan fingerprint density at radius 2 is 2.00 bits per heavy atom. The highest BCUT2D eigenvalue weighted by Crippen LogP contribution is 2.13. The maximum Gasteiger partial charge on any atom is 0.254 e. The fourth-order valence-corrected chi connectivity index (χ4v) is 2.16. The van der Waals surface area contributed by atoms with E-state index >= 15 is 0 Å². The van der Waals surface area contributed by atoms with Crippen molar-refractivity contribution in [1.82, 2.24) is 4.90 Å². The Balaban J connectivity index is 2.60. The number of carbonyl (C=O) groups excluding carboxylic acids is 1. The molecular weight excluding hydrogens is 313 g/mol. The zero-order valence-corrected chi connectivity index (χ0v) is 12.0. The van der Waals surface area contributed by atoms with E-state index in [1.165, 1.54) is 12.8 Å². The summed E-state index contributed by atoms with van der Waals surface area (Å²) in [5, 5.41) is 0. The van der Waals surface area contributed by atoms with Gasteiger partial charge in [-0.1, -0.05) is 31.9 Å². The van der Waals surface area contributed by atoms with Gasteiger partial charge >= 0.3 is 0 Å². The first-order valence-electron chi connectivity index (χ1n) is 5.66. The number of nitrogens with zero attached hydrogens (tertiary/aromatic N) is 1. The van der Waals surface area contributed by atoms with Crippen molar-refractivity contribution >= 4 is 28.5 Å². The first-order valence-corrected chi connectivity index (χ1v) is 6.74. The van der Waals surface area contributed by atoms with E-state index in [-0.39, 0.29) is 5.91 Å². The van der Waals surface area contributed by atoms with Crippen LogP contribution in [0.4, 0.5) is 0 Å². The third kappa shape index (κ3) is 3.77. The molecule has 0 N–H and O–H groups in total. The van der Waals surface area contributed by atoms with Crippen LogP contribution in [-0.2, 0) is 0 Å². The minimum atomic E-state index is 0.126.